The van der Waals surface area contributed by atoms with Gasteiger partial charge >= 0.3 is 0 Å². The van der Waals surface area contributed by atoms with Gasteiger partial charge in [0.25, 0.3) is 0 Å². The summed E-state index contributed by atoms with van der Waals surface area (Å²) in [5, 5.41) is 0. The van der Waals surface area contributed by atoms with Gasteiger partial charge in [0.15, 0.2) is 0 Å². The van der Waals surface area contributed by atoms with Gasteiger partial charge < -0.3 is 0 Å². The lowest BCUT2D eigenvalue weighted by Gasteiger charge is -2.42. The molecule has 1 aliphatic carbocycles. The topological polar surface area (TPSA) is 3.24 Å². The maximum absolute atomic E-state index is 3.84. The second-order valence-corrected chi connectivity index (χ2v) is 7.29. The van der Waals surface area contributed by atoms with Gasteiger partial charge in [0.2, 0.25) is 0 Å². The van der Waals surface area contributed by atoms with Crippen LogP contribution in [0.15, 0.2) is 48.5 Å². The van der Waals surface area contributed by atoms with Gasteiger partial charge in [-0.15, -0.1) is 0 Å². The molecule has 2 aliphatic heterocycles. The first kappa shape index (κ1) is 15.0. The Bertz CT molecular complexity index is 686. The summed E-state index contributed by atoms with van der Waals surface area (Å²) in [5.41, 5.74) is 5.66. The van der Waals surface area contributed by atoms with Crippen LogP contribution in [0.25, 0.3) is 11.1 Å². The van der Waals surface area contributed by atoms with Crippen molar-refractivity contribution in [2.75, 3.05) is 7.05 Å². The molecule has 23 heavy (non-hydrogen) atoms. The van der Waals surface area contributed by atoms with Crippen LogP contribution >= 0.6 is 0 Å². The molecule has 2 bridgehead atoms. The molecule has 2 saturated heterocycles. The van der Waals surface area contributed by atoms with Crippen molar-refractivity contribution in [1.82, 2.24) is 4.90 Å². The lowest BCUT2D eigenvalue weighted by molar-refractivity contribution is 0.185. The van der Waals surface area contributed by atoms with E-state index in [-0.39, 0.29) is 5.41 Å². The van der Waals surface area contributed by atoms with E-state index in [0.29, 0.717) is 0 Å². The minimum atomic E-state index is 0.140. The maximum Gasteiger partial charge on any atom is 0.0731 e. The third-order valence-corrected chi connectivity index (χ3v) is 5.83. The summed E-state index contributed by atoms with van der Waals surface area (Å²) in [7, 11) is 2.22. The van der Waals surface area contributed by atoms with Crippen LogP contribution in [0, 0.1) is 13.5 Å². The van der Waals surface area contributed by atoms with Crippen molar-refractivity contribution in [3.05, 3.63) is 66.2 Å². The van der Waals surface area contributed by atoms with Crippen LogP contribution in [-0.2, 0) is 5.41 Å². The highest BCUT2D eigenvalue weighted by atomic mass is 15.1. The molecular formula is C22H25N. The van der Waals surface area contributed by atoms with E-state index in [4.69, 9.17) is 0 Å². The monoisotopic (exact) mass is 303 g/mol. The van der Waals surface area contributed by atoms with Crippen molar-refractivity contribution < 1.29 is 0 Å². The summed E-state index contributed by atoms with van der Waals surface area (Å²) < 4.78 is 0. The summed E-state index contributed by atoms with van der Waals surface area (Å²) in [6.07, 6.45) is 6.46. The average molecular weight is 303 g/mol. The molecule has 0 spiro atoms. The maximum atomic E-state index is 3.84. The fraction of sp³-hybridized carbons (Fsp3) is 0.409. The predicted octanol–water partition coefficient (Wildman–Crippen LogP) is 5.22. The van der Waals surface area contributed by atoms with E-state index in [0.717, 1.165) is 6.04 Å². The van der Waals surface area contributed by atoms with E-state index in [1.807, 2.05) is 0 Å². The van der Waals surface area contributed by atoms with Gasteiger partial charge in [-0.25, -0.2) is 0 Å². The molecule has 2 heterocycles. The van der Waals surface area contributed by atoms with Crippen LogP contribution in [0.1, 0.15) is 43.2 Å². The predicted molar refractivity (Wildman–Crippen MR) is 96.2 cm³/mol. The number of piperidine rings is 1. The number of nitrogens with zero attached hydrogens (tertiary/aromatic N) is 1. The van der Waals surface area contributed by atoms with Crippen molar-refractivity contribution in [2.45, 2.75) is 50.5 Å². The quantitative estimate of drug-likeness (QED) is 0.735. The van der Waals surface area contributed by atoms with Crippen molar-refractivity contribution in [2.24, 2.45) is 0 Å². The van der Waals surface area contributed by atoms with Crippen LogP contribution in [0.5, 0.6) is 0 Å². The summed E-state index contributed by atoms with van der Waals surface area (Å²) >= 11 is 0. The lowest BCUT2D eigenvalue weighted by atomic mass is 9.70. The van der Waals surface area contributed by atoms with Crippen LogP contribution in [-0.4, -0.2) is 18.0 Å². The van der Waals surface area contributed by atoms with Crippen molar-refractivity contribution in [1.29, 1.82) is 0 Å². The Morgan fingerprint density at radius 2 is 1.83 bits per heavy atom. The number of hydrogen-bond acceptors (Lipinski definition) is 1. The van der Waals surface area contributed by atoms with Gasteiger partial charge in [0.05, 0.1) is 6.54 Å². The first-order valence-electron chi connectivity index (χ1n) is 8.85. The highest BCUT2D eigenvalue weighted by molar-refractivity contribution is 5.65. The number of likely N-dealkylation sites (N-methyl/N-ethyl adjacent to an activating group) is 1. The second-order valence-electron chi connectivity index (χ2n) is 7.29. The van der Waals surface area contributed by atoms with Gasteiger partial charge in [-0.2, -0.15) is 0 Å². The molecule has 2 aromatic carbocycles. The molecule has 3 aliphatic rings. The van der Waals surface area contributed by atoms with Crippen molar-refractivity contribution >= 4 is 0 Å². The molecule has 1 saturated carbocycles. The normalized spacial score (nSPS) is 27.8. The molecule has 2 aromatic rings. The molecule has 1 heteroatoms. The number of rotatable bonds is 2. The van der Waals surface area contributed by atoms with Crippen LogP contribution in [0.2, 0.25) is 0 Å². The minimum Gasteiger partial charge on any atom is -0.293 e. The molecule has 0 N–H and O–H groups in total. The second kappa shape index (κ2) is 5.79. The highest BCUT2D eigenvalue weighted by Gasteiger charge is 2.43. The van der Waals surface area contributed by atoms with E-state index in [1.165, 1.54) is 54.4 Å². The zero-order valence-electron chi connectivity index (χ0n) is 14.2. The molecule has 2 unspecified atom stereocenters. The Labute approximate surface area is 140 Å². The molecule has 2 atom stereocenters. The number of aryl methyl sites for hydroxylation is 1. The first-order chi connectivity index (χ1) is 11.2. The first-order valence-corrected chi connectivity index (χ1v) is 8.85. The number of hydrogen-bond donors (Lipinski definition) is 0. The van der Waals surface area contributed by atoms with Gasteiger partial charge in [-0.3, -0.25) is 4.90 Å². The summed E-state index contributed by atoms with van der Waals surface area (Å²) in [5.74, 6) is 0. The standard InChI is InChI=1S/C22H25N/c1-17-15-19(18-7-4-3-5-8-18)10-11-21(17)22-13-6-9-20(12-14-22)23(2)16-22/h3-5,7-8,10-11,15,20H,6,9,12-14H2,1-2H3. The van der Waals surface area contributed by atoms with Crippen molar-refractivity contribution in [3.63, 3.8) is 0 Å². The zero-order valence-corrected chi connectivity index (χ0v) is 14.2. The Morgan fingerprint density at radius 3 is 2.57 bits per heavy atom. The zero-order chi connectivity index (χ0) is 15.9. The van der Waals surface area contributed by atoms with Crippen LogP contribution < -0.4 is 0 Å². The van der Waals surface area contributed by atoms with Crippen molar-refractivity contribution in [3.8, 4) is 11.1 Å². The van der Waals surface area contributed by atoms with Gasteiger partial charge in [-0.1, -0.05) is 55.0 Å². The Morgan fingerprint density at radius 1 is 1.00 bits per heavy atom. The number of benzene rings is 2. The van der Waals surface area contributed by atoms with E-state index in [9.17, 15) is 0 Å². The lowest BCUT2D eigenvalue weighted by Crippen LogP contribution is -2.42. The van der Waals surface area contributed by atoms with E-state index in [1.54, 1.807) is 0 Å². The van der Waals surface area contributed by atoms with E-state index >= 15 is 0 Å². The average Bonchev–Trinajstić information content (AvgIpc) is 2.87. The Kier molecular flexibility index (Phi) is 3.77. The summed E-state index contributed by atoms with van der Waals surface area (Å²) in [4.78, 5) is 2.38. The van der Waals surface area contributed by atoms with E-state index < -0.39 is 0 Å². The van der Waals surface area contributed by atoms with Crippen LogP contribution in [0.4, 0.5) is 0 Å². The largest absolute Gasteiger partial charge is 0.293 e. The summed E-state index contributed by atoms with van der Waals surface area (Å²) in [6.45, 7) is 6.11. The molecule has 1 nitrogen and oxygen atoms in total. The van der Waals surface area contributed by atoms with Gasteiger partial charge in [-0.05, 0) is 61.9 Å². The fourth-order valence-electron chi connectivity index (χ4n) is 4.59. The molecule has 3 fully saturated rings. The fourth-order valence-corrected chi connectivity index (χ4v) is 4.59. The molecular weight excluding hydrogens is 278 g/mol. The summed E-state index contributed by atoms with van der Waals surface area (Å²) in [6, 6.07) is 18.4. The molecule has 5 rings (SSSR count). The van der Waals surface area contributed by atoms with E-state index in [2.05, 4.69) is 73.9 Å². The Balaban J connectivity index is 1.72. The Hall–Kier alpha value is -1.60. The minimum absolute atomic E-state index is 0.140. The van der Waals surface area contributed by atoms with Crippen LogP contribution in [0.3, 0.4) is 0 Å². The molecule has 118 valence electrons. The number of fused-ring (bicyclic) bond motifs is 4. The third-order valence-electron chi connectivity index (χ3n) is 5.83. The van der Waals surface area contributed by atoms with Gasteiger partial charge in [0.1, 0.15) is 0 Å². The smallest absolute Gasteiger partial charge is 0.0731 e. The van der Waals surface area contributed by atoms with Gasteiger partial charge in [0, 0.05) is 11.5 Å². The molecule has 2 radical (unpaired) electrons. The SMILES string of the molecule is Cc1cc(-c2ccccc2)ccc1C12[C]N(C)C(CCC1)CC2. The third kappa shape index (κ3) is 2.61. The molecule has 0 amide bonds. The highest BCUT2D eigenvalue weighted by Crippen LogP contribution is 2.48. The molecule has 0 aromatic heterocycles.